The first kappa shape index (κ1) is 20.1. The molecule has 1 aliphatic rings. The number of aromatic nitrogens is 4. The Bertz CT molecular complexity index is 1130. The van der Waals surface area contributed by atoms with Crippen molar-refractivity contribution in [2.24, 2.45) is 13.0 Å². The molecule has 1 saturated heterocycles. The average molecular weight is 409 g/mol. The Morgan fingerprint density at radius 2 is 2.00 bits per heavy atom. The van der Waals surface area contributed by atoms with Gasteiger partial charge in [0.15, 0.2) is 5.82 Å². The van der Waals surface area contributed by atoms with Gasteiger partial charge in [-0.2, -0.15) is 0 Å². The van der Waals surface area contributed by atoms with Crippen molar-refractivity contribution < 1.29 is 9.59 Å². The van der Waals surface area contributed by atoms with Gasteiger partial charge in [0, 0.05) is 62.5 Å². The smallest absolute Gasteiger partial charge is 0.272 e. The lowest BCUT2D eigenvalue weighted by Crippen LogP contribution is -2.40. The fourth-order valence-electron chi connectivity index (χ4n) is 4.20. The Kier molecular flexibility index (Phi) is 5.57. The fourth-order valence-corrected chi connectivity index (χ4v) is 4.20. The summed E-state index contributed by atoms with van der Waals surface area (Å²) in [5.74, 6) is 0.591. The Hall–Kier alpha value is -3.16. The molecule has 1 fully saturated rings. The summed E-state index contributed by atoms with van der Waals surface area (Å²) in [6.45, 7) is 3.16. The molecule has 30 heavy (non-hydrogen) atoms. The fraction of sp³-hybridized carbons (Fsp3) is 0.455. The average Bonchev–Trinajstić information content (AvgIpc) is 3.33. The number of ketones is 1. The van der Waals surface area contributed by atoms with Crippen LogP contribution in [0.4, 0.5) is 0 Å². The predicted molar refractivity (Wildman–Crippen MR) is 113 cm³/mol. The number of piperidine rings is 1. The second kappa shape index (κ2) is 8.30. The van der Waals surface area contributed by atoms with Crippen LogP contribution in [0.2, 0.25) is 0 Å². The van der Waals surface area contributed by atoms with Gasteiger partial charge in [-0.1, -0.05) is 0 Å². The minimum atomic E-state index is -0.105. The summed E-state index contributed by atoms with van der Waals surface area (Å²) >= 11 is 0. The highest BCUT2D eigenvalue weighted by Crippen LogP contribution is 2.22. The highest BCUT2D eigenvalue weighted by Gasteiger charge is 2.29. The largest absolute Gasteiger partial charge is 0.343 e. The molecule has 158 valence electrons. The first-order valence-electron chi connectivity index (χ1n) is 10.4. The van der Waals surface area contributed by atoms with E-state index in [0.29, 0.717) is 56.5 Å². The van der Waals surface area contributed by atoms with Gasteiger partial charge in [0.05, 0.1) is 0 Å². The molecule has 4 heterocycles. The SMILES string of the molecule is Cc1ccc2c(=O)[nH]c(CCCC(=O)N3CCC(C(=O)c4nccn4C)CC3)cn12. The first-order chi connectivity index (χ1) is 14.4. The zero-order chi connectivity index (χ0) is 21.3. The van der Waals surface area contributed by atoms with E-state index >= 15 is 0 Å². The second-order valence-corrected chi connectivity index (χ2v) is 8.07. The van der Waals surface area contributed by atoms with Crippen molar-refractivity contribution in [2.45, 2.75) is 39.0 Å². The molecule has 0 bridgehead atoms. The summed E-state index contributed by atoms with van der Waals surface area (Å²) in [6.07, 6.45) is 8.44. The van der Waals surface area contributed by atoms with Crippen LogP contribution in [0.5, 0.6) is 0 Å². The van der Waals surface area contributed by atoms with Gasteiger partial charge in [0.1, 0.15) is 5.52 Å². The summed E-state index contributed by atoms with van der Waals surface area (Å²) in [5, 5.41) is 0. The Balaban J connectivity index is 1.27. The zero-order valence-electron chi connectivity index (χ0n) is 17.4. The van der Waals surface area contributed by atoms with E-state index in [0.717, 1.165) is 11.4 Å². The number of hydrogen-bond acceptors (Lipinski definition) is 4. The molecule has 1 amide bonds. The number of Topliss-reactive ketones (excluding diaryl/α,β-unsaturated/α-hetero) is 1. The van der Waals surface area contributed by atoms with Crippen molar-refractivity contribution in [3.05, 3.63) is 58.3 Å². The molecular formula is C22H27N5O3. The van der Waals surface area contributed by atoms with Crippen LogP contribution in [0.3, 0.4) is 0 Å². The van der Waals surface area contributed by atoms with Gasteiger partial charge in [-0.15, -0.1) is 0 Å². The molecule has 1 aliphatic heterocycles. The van der Waals surface area contributed by atoms with E-state index in [-0.39, 0.29) is 23.2 Å². The molecule has 0 spiro atoms. The number of likely N-dealkylation sites (tertiary alicyclic amines) is 1. The number of rotatable bonds is 6. The number of aromatic amines is 1. The number of H-pyrrole nitrogens is 1. The topological polar surface area (TPSA) is 92.5 Å². The van der Waals surface area contributed by atoms with Gasteiger partial charge < -0.3 is 18.9 Å². The van der Waals surface area contributed by atoms with Crippen molar-refractivity contribution in [1.29, 1.82) is 0 Å². The third-order valence-electron chi connectivity index (χ3n) is 6.01. The Morgan fingerprint density at radius 3 is 2.70 bits per heavy atom. The summed E-state index contributed by atoms with van der Waals surface area (Å²) in [4.78, 5) is 46.3. The van der Waals surface area contributed by atoms with Crippen molar-refractivity contribution in [3.63, 3.8) is 0 Å². The number of aryl methyl sites for hydroxylation is 3. The van der Waals surface area contributed by atoms with Gasteiger partial charge >= 0.3 is 0 Å². The highest BCUT2D eigenvalue weighted by atomic mass is 16.2. The minimum Gasteiger partial charge on any atom is -0.343 e. The number of imidazole rings is 1. The number of nitrogens with zero attached hydrogens (tertiary/aromatic N) is 4. The molecule has 0 atom stereocenters. The summed E-state index contributed by atoms with van der Waals surface area (Å²) in [6, 6.07) is 3.73. The number of carbonyl (C=O) groups is 2. The van der Waals surface area contributed by atoms with E-state index < -0.39 is 0 Å². The van der Waals surface area contributed by atoms with Crippen molar-refractivity contribution >= 4 is 17.2 Å². The van der Waals surface area contributed by atoms with Crippen molar-refractivity contribution in [3.8, 4) is 0 Å². The predicted octanol–water partition coefficient (Wildman–Crippen LogP) is 2.11. The van der Waals surface area contributed by atoms with Crippen LogP contribution in [0, 0.1) is 12.8 Å². The lowest BCUT2D eigenvalue weighted by atomic mass is 9.92. The van der Waals surface area contributed by atoms with Gasteiger partial charge in [-0.25, -0.2) is 4.98 Å². The summed E-state index contributed by atoms with van der Waals surface area (Å²) in [5.41, 5.74) is 2.37. The van der Waals surface area contributed by atoms with Crippen LogP contribution >= 0.6 is 0 Å². The minimum absolute atomic E-state index is 0.0641. The third kappa shape index (κ3) is 3.94. The zero-order valence-corrected chi connectivity index (χ0v) is 17.4. The maximum absolute atomic E-state index is 12.6. The molecule has 0 aliphatic carbocycles. The molecule has 8 nitrogen and oxygen atoms in total. The summed E-state index contributed by atoms with van der Waals surface area (Å²) in [7, 11) is 1.82. The van der Waals surface area contributed by atoms with Crippen LogP contribution in [0.1, 0.15) is 47.7 Å². The van der Waals surface area contributed by atoms with Gasteiger partial charge in [-0.3, -0.25) is 14.4 Å². The highest BCUT2D eigenvalue weighted by molar-refractivity contribution is 5.95. The standard InChI is InChI=1S/C22H27N5O3/c1-15-6-7-18-22(30)24-17(14-27(15)18)4-3-5-19(28)26-11-8-16(9-12-26)20(29)21-23-10-13-25(21)2/h6-7,10,13-14,16H,3-5,8-9,11-12H2,1-2H3,(H,24,30). The van der Waals surface area contributed by atoms with E-state index in [2.05, 4.69) is 9.97 Å². The number of amides is 1. The Morgan fingerprint density at radius 1 is 1.23 bits per heavy atom. The number of hydrogen-bond donors (Lipinski definition) is 1. The molecule has 8 heteroatoms. The molecule has 4 rings (SSSR count). The molecule has 3 aromatic heterocycles. The third-order valence-corrected chi connectivity index (χ3v) is 6.01. The van der Waals surface area contributed by atoms with E-state index in [1.807, 2.05) is 41.6 Å². The molecular weight excluding hydrogens is 382 g/mol. The quantitative estimate of drug-likeness (QED) is 0.631. The molecule has 0 saturated carbocycles. The van der Waals surface area contributed by atoms with Gasteiger partial charge in [0.2, 0.25) is 11.7 Å². The van der Waals surface area contributed by atoms with Crippen LogP contribution in [0.15, 0.2) is 35.5 Å². The van der Waals surface area contributed by atoms with Gasteiger partial charge in [0.25, 0.3) is 5.56 Å². The number of fused-ring (bicyclic) bond motifs is 1. The molecule has 0 aromatic carbocycles. The maximum atomic E-state index is 12.6. The van der Waals surface area contributed by atoms with Crippen LogP contribution in [-0.4, -0.2) is 48.6 Å². The molecule has 0 radical (unpaired) electrons. The van der Waals surface area contributed by atoms with E-state index in [9.17, 15) is 14.4 Å². The maximum Gasteiger partial charge on any atom is 0.272 e. The van der Waals surface area contributed by atoms with Crippen molar-refractivity contribution in [1.82, 2.24) is 23.8 Å². The first-order valence-corrected chi connectivity index (χ1v) is 10.4. The number of carbonyl (C=O) groups excluding carboxylic acids is 2. The molecule has 0 unspecified atom stereocenters. The molecule has 1 N–H and O–H groups in total. The molecule has 3 aromatic rings. The van der Waals surface area contributed by atoms with Crippen LogP contribution < -0.4 is 5.56 Å². The lowest BCUT2D eigenvalue weighted by Gasteiger charge is -2.31. The van der Waals surface area contributed by atoms with Crippen LogP contribution in [-0.2, 0) is 18.3 Å². The van der Waals surface area contributed by atoms with Crippen LogP contribution in [0.25, 0.3) is 5.52 Å². The number of nitrogens with one attached hydrogen (secondary N) is 1. The second-order valence-electron chi connectivity index (χ2n) is 8.07. The Labute approximate surface area is 174 Å². The van der Waals surface area contributed by atoms with E-state index in [4.69, 9.17) is 0 Å². The van der Waals surface area contributed by atoms with E-state index in [1.165, 1.54) is 0 Å². The summed E-state index contributed by atoms with van der Waals surface area (Å²) < 4.78 is 3.64. The van der Waals surface area contributed by atoms with E-state index in [1.54, 1.807) is 17.0 Å². The lowest BCUT2D eigenvalue weighted by molar-refractivity contribution is -0.132. The normalized spacial score (nSPS) is 15.1. The van der Waals surface area contributed by atoms with Crippen molar-refractivity contribution in [2.75, 3.05) is 13.1 Å². The monoisotopic (exact) mass is 409 g/mol. The van der Waals surface area contributed by atoms with Gasteiger partial charge in [-0.05, 0) is 44.7 Å².